The minimum atomic E-state index is -1.22. The van der Waals surface area contributed by atoms with E-state index < -0.39 is 81.9 Å². The molecule has 36 nitrogen and oxygen atoms in total. The summed E-state index contributed by atoms with van der Waals surface area (Å²) in [5.41, 5.74) is -0.730. The number of benzene rings is 1. The maximum atomic E-state index is 12.8. The van der Waals surface area contributed by atoms with Crippen LogP contribution in [0.1, 0.15) is 26.7 Å². The number of nitro groups is 2. The first-order chi connectivity index (χ1) is 44.0. The number of aliphatic hydroxyl groups excluding tert-OH is 4. The number of amides is 5. The number of carbonyl (C=O) groups is 5. The van der Waals surface area contributed by atoms with Crippen molar-refractivity contribution in [1.82, 2.24) is 26.6 Å². The van der Waals surface area contributed by atoms with Gasteiger partial charge in [0, 0.05) is 52.4 Å². The smallest absolute Gasteiger partial charge is 0.299 e. The highest BCUT2D eigenvalue weighted by Gasteiger charge is 2.40. The maximum Gasteiger partial charge on any atom is 0.299 e. The molecular formula is C55H94N8O28. The van der Waals surface area contributed by atoms with Crippen LogP contribution in [0, 0.1) is 20.2 Å². The molecule has 0 aliphatic carbocycles. The number of nitrogens with one attached hydrogen (secondary N) is 6. The van der Waals surface area contributed by atoms with E-state index >= 15 is 0 Å². The van der Waals surface area contributed by atoms with Crippen molar-refractivity contribution in [1.29, 1.82) is 0 Å². The van der Waals surface area contributed by atoms with Gasteiger partial charge in [0.1, 0.15) is 48.9 Å². The largest absolute Gasteiger partial charge is 0.388 e. The van der Waals surface area contributed by atoms with E-state index in [-0.39, 0.29) is 207 Å². The summed E-state index contributed by atoms with van der Waals surface area (Å²) in [5, 5.41) is 79.4. The topological polar surface area (TPSA) is 463 Å². The van der Waals surface area contributed by atoms with E-state index in [0.29, 0.717) is 39.6 Å². The Labute approximate surface area is 527 Å². The summed E-state index contributed by atoms with van der Waals surface area (Å²) >= 11 is 0. The first kappa shape index (κ1) is 79.6. The Hall–Kier alpha value is -5.59. The van der Waals surface area contributed by atoms with Crippen LogP contribution in [-0.4, -0.2) is 319 Å². The Bertz CT molecular complexity index is 2110. The number of hydrogen-bond acceptors (Lipinski definition) is 29. The van der Waals surface area contributed by atoms with Crippen LogP contribution in [0.3, 0.4) is 0 Å². The van der Waals surface area contributed by atoms with Crippen molar-refractivity contribution in [2.24, 2.45) is 0 Å². The fourth-order valence-electron chi connectivity index (χ4n) is 8.23. The molecule has 36 heteroatoms. The zero-order valence-electron chi connectivity index (χ0n) is 51.7. The molecule has 5 amide bonds. The lowest BCUT2D eigenvalue weighted by Crippen LogP contribution is -2.59. The Kier molecular flexibility index (Phi) is 43.7. The number of non-ortho nitro benzene ring substituents is 1. The van der Waals surface area contributed by atoms with E-state index in [1.54, 1.807) is 0 Å². The molecule has 10 N–H and O–H groups in total. The van der Waals surface area contributed by atoms with Gasteiger partial charge in [0.05, 0.1) is 212 Å². The van der Waals surface area contributed by atoms with Gasteiger partial charge in [0.2, 0.25) is 29.5 Å². The van der Waals surface area contributed by atoms with Crippen LogP contribution >= 0.6 is 0 Å². The molecule has 0 radical (unpaired) electrons. The summed E-state index contributed by atoms with van der Waals surface area (Å²) in [6.45, 7) is 7.65. The van der Waals surface area contributed by atoms with E-state index in [4.69, 9.17) is 71.1 Å². The minimum absolute atomic E-state index is 0.0157. The van der Waals surface area contributed by atoms with E-state index in [0.717, 1.165) is 12.1 Å². The van der Waals surface area contributed by atoms with Crippen LogP contribution in [0.25, 0.3) is 0 Å². The van der Waals surface area contributed by atoms with Crippen molar-refractivity contribution in [2.45, 2.75) is 81.4 Å². The number of rotatable bonds is 55. The second kappa shape index (κ2) is 50.0. The van der Waals surface area contributed by atoms with Crippen LogP contribution in [0.15, 0.2) is 18.2 Å². The van der Waals surface area contributed by atoms with Crippen LogP contribution in [0.2, 0.25) is 0 Å². The third-order valence-electron chi connectivity index (χ3n) is 12.9. The molecule has 3 rings (SSSR count). The predicted octanol–water partition coefficient (Wildman–Crippen LogP) is -4.12. The summed E-state index contributed by atoms with van der Waals surface area (Å²) in [6.07, 6.45) is -6.25. The van der Waals surface area contributed by atoms with Gasteiger partial charge in [-0.2, -0.15) is 0 Å². The van der Waals surface area contributed by atoms with Crippen molar-refractivity contribution in [3.8, 4) is 0 Å². The standard InChI is InChI=1S/C55H94N8O28/c1-39(64)59-44-34-90-47(54(71)52(44)69)36-87-28-25-83-23-21-80-18-16-78-13-8-57-49(66)5-10-85-32-41(61-51(68)38-89-30-27-82-20-15-77-12-7-56-43-4-3-42(62(73)74)31-46(43)63(75)76)33-86-11-6-50(67)58-9-14-79-17-19-81-22-24-84-26-29-88-37-48-55(72)53(70)45(35-91-48)60-40(2)65/h3-4,31,41,44-45,47-48,52-56,69-72H,5-30,32-38H2,1-2H3,(H,57,66)(H,58,67)(H,59,64)(H,60,65)(H,61,68)/t44-,45-,47-,48-,52-,53-,54+,55+/m1/s1. The molecule has 2 heterocycles. The Morgan fingerprint density at radius 2 is 0.879 bits per heavy atom. The summed E-state index contributed by atoms with van der Waals surface area (Å²) in [4.78, 5) is 81.1. The lowest BCUT2D eigenvalue weighted by molar-refractivity contribution is -0.393. The van der Waals surface area contributed by atoms with Gasteiger partial charge in [-0.05, 0) is 6.07 Å². The average Bonchev–Trinajstić information content (AvgIpc) is 1.65. The molecule has 522 valence electrons. The quantitative estimate of drug-likeness (QED) is 0.0168. The van der Waals surface area contributed by atoms with Gasteiger partial charge in [-0.1, -0.05) is 0 Å². The molecule has 0 unspecified atom stereocenters. The molecule has 1 aromatic rings. The van der Waals surface area contributed by atoms with Crippen molar-refractivity contribution in [3.63, 3.8) is 0 Å². The lowest BCUT2D eigenvalue weighted by atomic mass is 9.98. The van der Waals surface area contributed by atoms with Crippen molar-refractivity contribution >= 4 is 46.6 Å². The summed E-state index contributed by atoms with van der Waals surface area (Å²) in [5.74, 6) is -1.75. The number of anilines is 1. The molecule has 8 atom stereocenters. The number of aliphatic hydroxyl groups is 4. The van der Waals surface area contributed by atoms with Crippen molar-refractivity contribution in [3.05, 3.63) is 38.4 Å². The van der Waals surface area contributed by atoms with Gasteiger partial charge in [-0.25, -0.2) is 0 Å². The minimum Gasteiger partial charge on any atom is -0.388 e. The molecule has 2 fully saturated rings. The molecule has 2 aliphatic rings. The molecular weight excluding hydrogens is 1220 g/mol. The Morgan fingerprint density at radius 1 is 0.495 bits per heavy atom. The second-order valence-electron chi connectivity index (χ2n) is 20.2. The highest BCUT2D eigenvalue weighted by atomic mass is 16.6. The van der Waals surface area contributed by atoms with Gasteiger partial charge in [-0.15, -0.1) is 0 Å². The highest BCUT2D eigenvalue weighted by Crippen LogP contribution is 2.29. The number of hydrogen-bond donors (Lipinski definition) is 10. The maximum absolute atomic E-state index is 12.8. The number of nitro benzene ring substituents is 2. The molecule has 91 heavy (non-hydrogen) atoms. The van der Waals surface area contributed by atoms with Gasteiger partial charge >= 0.3 is 0 Å². The Balaban J connectivity index is 1.22. The summed E-state index contributed by atoms with van der Waals surface area (Å²) < 4.78 is 82.7. The molecule has 2 saturated heterocycles. The van der Waals surface area contributed by atoms with E-state index in [1.807, 2.05) is 0 Å². The number of ether oxygens (including phenoxy) is 15. The fraction of sp³-hybridized carbons (Fsp3) is 0.800. The fourth-order valence-corrected chi connectivity index (χ4v) is 8.23. The zero-order chi connectivity index (χ0) is 66.3. The SMILES string of the molecule is CC(=O)N[C@@H]1CO[C@H](COCCOCCOCCOCCNC(=O)CCOCC(COCCC(=O)NCCOCCOCCOCCOC[C@H]2OC[C@@H](NC(C)=O)[C@@H](O)[C@H]2O)NC(=O)COCCOCCOCCNc2ccc([N+](=O)[O-])cc2[N+](=O)[O-])[C@H](O)[C@@H]1O. The predicted molar refractivity (Wildman–Crippen MR) is 315 cm³/mol. The van der Waals surface area contributed by atoms with E-state index in [2.05, 4.69) is 31.9 Å². The molecule has 0 saturated carbocycles. The molecule has 0 spiro atoms. The Morgan fingerprint density at radius 3 is 1.27 bits per heavy atom. The van der Waals surface area contributed by atoms with Crippen LogP contribution in [0.4, 0.5) is 17.1 Å². The molecule has 0 bridgehead atoms. The second-order valence-corrected chi connectivity index (χ2v) is 20.2. The van der Waals surface area contributed by atoms with Crippen LogP contribution in [-0.2, 0) is 95.0 Å². The number of carbonyl (C=O) groups excluding carboxylic acids is 5. The summed E-state index contributed by atoms with van der Waals surface area (Å²) in [6, 6.07) is 1.20. The van der Waals surface area contributed by atoms with Gasteiger partial charge in [0.25, 0.3) is 11.4 Å². The molecule has 1 aromatic carbocycles. The van der Waals surface area contributed by atoms with Crippen molar-refractivity contribution < 1.29 is 125 Å². The monoisotopic (exact) mass is 1310 g/mol. The van der Waals surface area contributed by atoms with E-state index in [1.165, 1.54) is 19.9 Å². The van der Waals surface area contributed by atoms with Crippen LogP contribution < -0.4 is 31.9 Å². The first-order valence-corrected chi connectivity index (χ1v) is 30.0. The normalized spacial score (nSPS) is 19.8. The lowest BCUT2D eigenvalue weighted by Gasteiger charge is -2.37. The number of nitrogens with zero attached hydrogens (tertiary/aromatic N) is 2. The van der Waals surface area contributed by atoms with Crippen molar-refractivity contribution in [2.75, 3.05) is 210 Å². The summed E-state index contributed by atoms with van der Waals surface area (Å²) in [7, 11) is 0. The third kappa shape index (κ3) is 37.6. The molecule has 0 aromatic heterocycles. The van der Waals surface area contributed by atoms with Gasteiger partial charge in [0.15, 0.2) is 0 Å². The zero-order valence-corrected chi connectivity index (χ0v) is 51.7. The third-order valence-corrected chi connectivity index (χ3v) is 12.9. The van der Waals surface area contributed by atoms with Gasteiger partial charge < -0.3 is 123 Å². The molecule has 2 aliphatic heterocycles. The van der Waals surface area contributed by atoms with Crippen LogP contribution in [0.5, 0.6) is 0 Å². The highest BCUT2D eigenvalue weighted by molar-refractivity contribution is 5.78. The van der Waals surface area contributed by atoms with Gasteiger partial charge in [-0.3, -0.25) is 44.2 Å². The van der Waals surface area contributed by atoms with E-state index in [9.17, 15) is 64.6 Å². The average molecular weight is 1320 g/mol. The first-order valence-electron chi connectivity index (χ1n) is 30.0.